The predicted octanol–water partition coefficient (Wildman–Crippen LogP) is 2.77. The fourth-order valence-corrected chi connectivity index (χ4v) is 3.21. The molecule has 0 radical (unpaired) electrons. The summed E-state index contributed by atoms with van der Waals surface area (Å²) in [5.74, 6) is -1.20. The molecule has 6 nitrogen and oxygen atoms in total. The fourth-order valence-electron chi connectivity index (χ4n) is 3.21. The molecule has 0 saturated carbocycles. The average molecular weight is 383 g/mol. The first-order valence-electron chi connectivity index (χ1n) is 9.16. The first-order valence-corrected chi connectivity index (χ1v) is 9.16. The largest absolute Gasteiger partial charge is 0.337 e. The summed E-state index contributed by atoms with van der Waals surface area (Å²) in [5.41, 5.74) is 1.19. The molecule has 1 fully saturated rings. The van der Waals surface area contributed by atoms with Gasteiger partial charge in [-0.3, -0.25) is 14.4 Å². The minimum Gasteiger partial charge on any atom is -0.337 e. The molecule has 1 aliphatic heterocycles. The van der Waals surface area contributed by atoms with Crippen LogP contribution in [0.5, 0.6) is 0 Å². The minimum atomic E-state index is -0.538. The van der Waals surface area contributed by atoms with E-state index in [1.807, 2.05) is 0 Å². The van der Waals surface area contributed by atoms with Crippen LogP contribution >= 0.6 is 0 Å². The number of anilines is 1. The lowest BCUT2D eigenvalue weighted by Gasteiger charge is -2.22. The van der Waals surface area contributed by atoms with Crippen LogP contribution in [0.2, 0.25) is 0 Å². The van der Waals surface area contributed by atoms with Gasteiger partial charge in [0.2, 0.25) is 5.91 Å². The molecule has 1 heterocycles. The zero-order valence-electron chi connectivity index (χ0n) is 15.7. The summed E-state index contributed by atoms with van der Waals surface area (Å²) in [6, 6.07) is 12.6. The summed E-state index contributed by atoms with van der Waals surface area (Å²) < 4.78 is 13.9. The highest BCUT2D eigenvalue weighted by molar-refractivity contribution is 5.96. The molecule has 0 unspecified atom stereocenters. The Morgan fingerprint density at radius 1 is 0.857 bits per heavy atom. The smallest absolute Gasteiger partial charge is 0.256 e. The molecule has 2 aromatic rings. The first-order chi connectivity index (χ1) is 13.5. The Morgan fingerprint density at radius 2 is 1.46 bits per heavy atom. The van der Waals surface area contributed by atoms with Crippen molar-refractivity contribution in [2.45, 2.75) is 13.3 Å². The van der Waals surface area contributed by atoms with Gasteiger partial charge in [0.1, 0.15) is 5.82 Å². The maximum Gasteiger partial charge on any atom is 0.256 e. The molecule has 1 N–H and O–H groups in total. The normalized spacial score (nSPS) is 14.4. The van der Waals surface area contributed by atoms with Crippen molar-refractivity contribution in [1.82, 2.24) is 9.80 Å². The lowest BCUT2D eigenvalue weighted by atomic mass is 10.1. The van der Waals surface area contributed by atoms with Crippen molar-refractivity contribution in [3.63, 3.8) is 0 Å². The topological polar surface area (TPSA) is 69.7 Å². The van der Waals surface area contributed by atoms with E-state index in [2.05, 4.69) is 5.32 Å². The second kappa shape index (κ2) is 8.65. The number of amides is 3. The van der Waals surface area contributed by atoms with Crippen LogP contribution < -0.4 is 5.32 Å². The number of nitrogens with one attached hydrogen (secondary N) is 1. The maximum absolute atomic E-state index is 13.9. The third-order valence-corrected chi connectivity index (χ3v) is 4.63. The van der Waals surface area contributed by atoms with E-state index in [0.29, 0.717) is 43.9 Å². The van der Waals surface area contributed by atoms with Crippen molar-refractivity contribution >= 4 is 23.4 Å². The van der Waals surface area contributed by atoms with E-state index in [4.69, 9.17) is 0 Å². The predicted molar refractivity (Wildman–Crippen MR) is 104 cm³/mol. The average Bonchev–Trinajstić information content (AvgIpc) is 2.94. The Bertz CT molecular complexity index is 883. The molecule has 0 bridgehead atoms. The summed E-state index contributed by atoms with van der Waals surface area (Å²) >= 11 is 0. The zero-order chi connectivity index (χ0) is 20.1. The molecule has 7 heteroatoms. The van der Waals surface area contributed by atoms with Crippen molar-refractivity contribution < 1.29 is 18.8 Å². The van der Waals surface area contributed by atoms with Crippen molar-refractivity contribution in [1.29, 1.82) is 0 Å². The molecular weight excluding hydrogens is 361 g/mol. The Hall–Kier alpha value is -3.22. The molecule has 1 saturated heterocycles. The lowest BCUT2D eigenvalue weighted by molar-refractivity contribution is -0.114. The number of carbonyl (C=O) groups is 3. The van der Waals surface area contributed by atoms with Gasteiger partial charge in [-0.15, -0.1) is 0 Å². The highest BCUT2D eigenvalue weighted by Gasteiger charge is 2.24. The number of benzene rings is 2. The van der Waals surface area contributed by atoms with Crippen LogP contribution in [0.1, 0.15) is 34.1 Å². The van der Waals surface area contributed by atoms with Gasteiger partial charge in [0.05, 0.1) is 5.56 Å². The third-order valence-electron chi connectivity index (χ3n) is 4.63. The van der Waals surface area contributed by atoms with E-state index < -0.39 is 5.82 Å². The van der Waals surface area contributed by atoms with Gasteiger partial charge < -0.3 is 15.1 Å². The summed E-state index contributed by atoms with van der Waals surface area (Å²) in [6.07, 6.45) is 0.621. The zero-order valence-corrected chi connectivity index (χ0v) is 15.7. The lowest BCUT2D eigenvalue weighted by Crippen LogP contribution is -2.37. The van der Waals surface area contributed by atoms with E-state index >= 15 is 0 Å². The van der Waals surface area contributed by atoms with Crippen molar-refractivity contribution in [2.24, 2.45) is 0 Å². The van der Waals surface area contributed by atoms with Gasteiger partial charge in [-0.2, -0.15) is 0 Å². The summed E-state index contributed by atoms with van der Waals surface area (Å²) in [7, 11) is 0. The Labute approximate surface area is 162 Å². The number of hydrogen-bond acceptors (Lipinski definition) is 3. The van der Waals surface area contributed by atoms with Crippen LogP contribution in [0.4, 0.5) is 10.1 Å². The monoisotopic (exact) mass is 383 g/mol. The van der Waals surface area contributed by atoms with Crippen LogP contribution in [0.15, 0.2) is 48.5 Å². The van der Waals surface area contributed by atoms with Crippen LogP contribution in [0, 0.1) is 5.82 Å². The van der Waals surface area contributed by atoms with Gasteiger partial charge in [0.15, 0.2) is 0 Å². The third kappa shape index (κ3) is 4.54. The molecule has 0 spiro atoms. The van der Waals surface area contributed by atoms with Crippen molar-refractivity contribution in [3.8, 4) is 0 Å². The van der Waals surface area contributed by atoms with Gasteiger partial charge in [-0.05, 0) is 42.8 Å². The number of hydrogen-bond donors (Lipinski definition) is 1. The van der Waals surface area contributed by atoms with E-state index in [1.165, 1.54) is 19.1 Å². The van der Waals surface area contributed by atoms with E-state index in [9.17, 15) is 18.8 Å². The van der Waals surface area contributed by atoms with E-state index in [-0.39, 0.29) is 23.3 Å². The molecule has 2 aromatic carbocycles. The second-order valence-electron chi connectivity index (χ2n) is 6.68. The molecular formula is C21H22FN3O3. The SMILES string of the molecule is CC(=O)Nc1ccc(C(=O)N2CCCN(C(=O)c3ccccc3F)CC2)cc1. The second-order valence-corrected chi connectivity index (χ2v) is 6.68. The number of nitrogens with zero attached hydrogens (tertiary/aromatic N) is 2. The number of halogens is 1. The number of carbonyl (C=O) groups excluding carboxylic acids is 3. The quantitative estimate of drug-likeness (QED) is 0.886. The summed E-state index contributed by atoms with van der Waals surface area (Å²) in [6.45, 7) is 3.14. The first kappa shape index (κ1) is 19.5. The minimum absolute atomic E-state index is 0.0517. The molecule has 3 amide bonds. The molecule has 0 aliphatic carbocycles. The van der Waals surface area contributed by atoms with Crippen molar-refractivity contribution in [2.75, 3.05) is 31.5 Å². The fraction of sp³-hybridized carbons (Fsp3) is 0.286. The van der Waals surface area contributed by atoms with Crippen molar-refractivity contribution in [3.05, 3.63) is 65.5 Å². The van der Waals surface area contributed by atoms with Crippen LogP contribution in [-0.4, -0.2) is 53.7 Å². The highest BCUT2D eigenvalue weighted by atomic mass is 19.1. The number of rotatable bonds is 3. The highest BCUT2D eigenvalue weighted by Crippen LogP contribution is 2.15. The van der Waals surface area contributed by atoms with Crippen LogP contribution in [0.25, 0.3) is 0 Å². The van der Waals surface area contributed by atoms with E-state index in [1.54, 1.807) is 46.2 Å². The van der Waals surface area contributed by atoms with Gasteiger partial charge >= 0.3 is 0 Å². The molecule has 0 atom stereocenters. The Balaban J connectivity index is 1.64. The molecule has 28 heavy (non-hydrogen) atoms. The molecule has 3 rings (SSSR count). The van der Waals surface area contributed by atoms with Crippen LogP contribution in [0.3, 0.4) is 0 Å². The van der Waals surface area contributed by atoms with E-state index in [0.717, 1.165) is 0 Å². The molecule has 146 valence electrons. The Morgan fingerprint density at radius 3 is 2.07 bits per heavy atom. The standard InChI is InChI=1S/C21H22FN3O3/c1-15(26)23-17-9-7-16(8-10-17)20(27)24-11-4-12-25(14-13-24)21(28)18-5-2-3-6-19(18)22/h2-3,5-10H,4,11-14H2,1H3,(H,23,26). The van der Waals surface area contributed by atoms with Gasteiger partial charge in [0, 0.05) is 44.4 Å². The van der Waals surface area contributed by atoms with Gasteiger partial charge in [-0.1, -0.05) is 12.1 Å². The Kier molecular flexibility index (Phi) is 6.03. The maximum atomic E-state index is 13.9. The molecule has 0 aromatic heterocycles. The summed E-state index contributed by atoms with van der Waals surface area (Å²) in [5, 5.41) is 2.66. The van der Waals surface area contributed by atoms with Crippen LogP contribution in [-0.2, 0) is 4.79 Å². The molecule has 1 aliphatic rings. The van der Waals surface area contributed by atoms with Gasteiger partial charge in [0.25, 0.3) is 11.8 Å². The van der Waals surface area contributed by atoms with Gasteiger partial charge in [-0.25, -0.2) is 4.39 Å². The summed E-state index contributed by atoms with van der Waals surface area (Å²) in [4.78, 5) is 39.7.